The van der Waals surface area contributed by atoms with E-state index in [2.05, 4.69) is 99.6 Å². The van der Waals surface area contributed by atoms with Crippen LogP contribution >= 0.6 is 0 Å². The van der Waals surface area contributed by atoms with Crippen molar-refractivity contribution in [1.82, 2.24) is 0 Å². The molecule has 0 saturated heterocycles. The summed E-state index contributed by atoms with van der Waals surface area (Å²) in [5.74, 6) is 0. The number of fused-ring (bicyclic) bond motifs is 3. The van der Waals surface area contributed by atoms with Crippen LogP contribution in [0.25, 0.3) is 32.7 Å². The lowest BCUT2D eigenvalue weighted by Gasteiger charge is -2.19. The lowest BCUT2D eigenvalue weighted by molar-refractivity contribution is 0.590. The van der Waals surface area contributed by atoms with Crippen LogP contribution in [0.2, 0.25) is 0 Å². The van der Waals surface area contributed by atoms with Crippen molar-refractivity contribution in [3.63, 3.8) is 0 Å². The van der Waals surface area contributed by atoms with Gasteiger partial charge in [0.2, 0.25) is 0 Å². The molecule has 0 atom stereocenters. The van der Waals surface area contributed by atoms with Gasteiger partial charge in [0.05, 0.1) is 0 Å². The van der Waals surface area contributed by atoms with E-state index in [0.29, 0.717) is 0 Å². The van der Waals surface area contributed by atoms with E-state index in [1.54, 1.807) is 0 Å². The zero-order valence-corrected chi connectivity index (χ0v) is 14.5. The van der Waals surface area contributed by atoms with Crippen molar-refractivity contribution in [2.24, 2.45) is 0 Å². The monoisotopic (exact) mass is 310 g/mol. The Balaban J connectivity index is 1.92. The van der Waals surface area contributed by atoms with Gasteiger partial charge in [-0.25, -0.2) is 0 Å². The van der Waals surface area contributed by atoms with Crippen molar-refractivity contribution in [3.8, 4) is 11.1 Å². The molecule has 0 bridgehead atoms. The Kier molecular flexibility index (Phi) is 3.42. The Labute approximate surface area is 143 Å². The molecule has 0 nitrogen and oxygen atoms in total. The normalized spacial score (nSPS) is 12.0. The maximum absolute atomic E-state index is 2.26. The highest BCUT2D eigenvalue weighted by molar-refractivity contribution is 6.11. The number of hydrogen-bond donors (Lipinski definition) is 0. The summed E-state index contributed by atoms with van der Waals surface area (Å²) in [6.45, 7) is 6.77. The van der Waals surface area contributed by atoms with Gasteiger partial charge in [-0.3, -0.25) is 0 Å². The summed E-state index contributed by atoms with van der Waals surface area (Å²) >= 11 is 0. The summed E-state index contributed by atoms with van der Waals surface area (Å²) in [6.07, 6.45) is 0. The third-order valence-corrected chi connectivity index (χ3v) is 4.85. The van der Waals surface area contributed by atoms with Crippen LogP contribution in [0, 0.1) is 0 Å². The average molecular weight is 310 g/mol. The van der Waals surface area contributed by atoms with Crippen molar-refractivity contribution < 1.29 is 0 Å². The van der Waals surface area contributed by atoms with Gasteiger partial charge in [-0.05, 0) is 43.7 Å². The van der Waals surface area contributed by atoms with Crippen LogP contribution < -0.4 is 0 Å². The summed E-state index contributed by atoms with van der Waals surface area (Å²) in [5.41, 5.74) is 4.15. The van der Waals surface area contributed by atoms with Gasteiger partial charge >= 0.3 is 0 Å². The Morgan fingerprint density at radius 3 is 2.00 bits per heavy atom. The largest absolute Gasteiger partial charge is 0.0616 e. The van der Waals surface area contributed by atoms with Crippen LogP contribution in [0.15, 0.2) is 78.9 Å². The molecule has 4 rings (SSSR count). The third kappa shape index (κ3) is 2.49. The van der Waals surface area contributed by atoms with Gasteiger partial charge < -0.3 is 0 Å². The second-order valence-corrected chi connectivity index (χ2v) is 7.51. The van der Waals surface area contributed by atoms with Gasteiger partial charge in [-0.1, -0.05) is 99.6 Å². The van der Waals surface area contributed by atoms with Gasteiger partial charge in [-0.2, -0.15) is 0 Å². The van der Waals surface area contributed by atoms with Crippen molar-refractivity contribution in [3.05, 3.63) is 84.4 Å². The second kappa shape index (κ2) is 5.49. The zero-order valence-electron chi connectivity index (χ0n) is 14.5. The molecule has 0 radical (unpaired) electrons. The van der Waals surface area contributed by atoms with E-state index >= 15 is 0 Å². The summed E-state index contributed by atoms with van der Waals surface area (Å²) in [4.78, 5) is 0. The maximum atomic E-state index is 2.26. The molecule has 0 aliphatic rings. The van der Waals surface area contributed by atoms with Gasteiger partial charge in [-0.15, -0.1) is 0 Å². The maximum Gasteiger partial charge on any atom is -0.00990 e. The quantitative estimate of drug-likeness (QED) is 0.333. The zero-order chi connectivity index (χ0) is 16.7. The fraction of sp³-hybridized carbons (Fsp3) is 0.167. The van der Waals surface area contributed by atoms with E-state index in [9.17, 15) is 0 Å². The molecule has 0 unspecified atom stereocenters. The first kappa shape index (κ1) is 15.0. The molecule has 0 amide bonds. The summed E-state index contributed by atoms with van der Waals surface area (Å²) in [7, 11) is 0. The smallest absolute Gasteiger partial charge is 0.00990 e. The molecule has 0 aromatic heterocycles. The van der Waals surface area contributed by atoms with Crippen LogP contribution in [0.3, 0.4) is 0 Å². The van der Waals surface area contributed by atoms with E-state index in [1.165, 1.54) is 38.2 Å². The minimum Gasteiger partial charge on any atom is -0.0616 e. The highest BCUT2D eigenvalue weighted by Gasteiger charge is 2.13. The van der Waals surface area contributed by atoms with Gasteiger partial charge in [0.15, 0.2) is 0 Å². The summed E-state index contributed by atoms with van der Waals surface area (Å²) < 4.78 is 0. The number of rotatable bonds is 1. The Morgan fingerprint density at radius 1 is 0.542 bits per heavy atom. The van der Waals surface area contributed by atoms with Crippen molar-refractivity contribution in [2.75, 3.05) is 0 Å². The van der Waals surface area contributed by atoms with Crippen LogP contribution in [-0.2, 0) is 5.41 Å². The predicted octanol–water partition coefficient (Wildman–Crippen LogP) is 6.96. The first-order chi connectivity index (χ1) is 11.5. The molecule has 0 heteroatoms. The molecule has 0 N–H and O–H groups in total. The van der Waals surface area contributed by atoms with Crippen LogP contribution in [0.4, 0.5) is 0 Å². The van der Waals surface area contributed by atoms with Crippen molar-refractivity contribution >= 4 is 21.5 Å². The molecular formula is C24H22. The van der Waals surface area contributed by atoms with E-state index in [4.69, 9.17) is 0 Å². The molecule has 4 aromatic carbocycles. The highest BCUT2D eigenvalue weighted by Crippen LogP contribution is 2.34. The lowest BCUT2D eigenvalue weighted by Crippen LogP contribution is -2.10. The number of hydrogen-bond acceptors (Lipinski definition) is 0. The molecular weight excluding hydrogens is 288 g/mol. The van der Waals surface area contributed by atoms with Crippen LogP contribution in [-0.4, -0.2) is 0 Å². The van der Waals surface area contributed by atoms with E-state index in [1.807, 2.05) is 0 Å². The van der Waals surface area contributed by atoms with Gasteiger partial charge in [0.1, 0.15) is 0 Å². The SMILES string of the molecule is CC(C)(C)c1ccc(-c2cccc3c2ccc2ccccc23)cc1. The Bertz CT molecular complexity index is 1020. The topological polar surface area (TPSA) is 0 Å². The minimum atomic E-state index is 0.188. The van der Waals surface area contributed by atoms with E-state index in [-0.39, 0.29) is 5.41 Å². The molecule has 0 saturated carbocycles. The standard InChI is InChI=1S/C24H22/c1-24(2,3)19-14-11-18(12-15-19)21-9-6-10-22-20-8-5-4-7-17(20)13-16-23(21)22/h4-16H,1-3H3. The average Bonchev–Trinajstić information content (AvgIpc) is 2.60. The summed E-state index contributed by atoms with van der Waals surface area (Å²) in [6, 6.07) is 28.7. The molecule has 24 heavy (non-hydrogen) atoms. The molecule has 0 heterocycles. The van der Waals surface area contributed by atoms with Crippen LogP contribution in [0.1, 0.15) is 26.3 Å². The third-order valence-electron chi connectivity index (χ3n) is 4.85. The van der Waals surface area contributed by atoms with E-state index < -0.39 is 0 Å². The van der Waals surface area contributed by atoms with E-state index in [0.717, 1.165) is 0 Å². The molecule has 4 aromatic rings. The van der Waals surface area contributed by atoms with Crippen molar-refractivity contribution in [2.45, 2.75) is 26.2 Å². The lowest BCUT2D eigenvalue weighted by atomic mass is 9.86. The minimum absolute atomic E-state index is 0.188. The Morgan fingerprint density at radius 2 is 1.25 bits per heavy atom. The second-order valence-electron chi connectivity index (χ2n) is 7.51. The molecule has 0 aliphatic carbocycles. The molecule has 0 spiro atoms. The predicted molar refractivity (Wildman–Crippen MR) is 106 cm³/mol. The van der Waals surface area contributed by atoms with Crippen molar-refractivity contribution in [1.29, 1.82) is 0 Å². The fourth-order valence-corrected chi connectivity index (χ4v) is 3.44. The van der Waals surface area contributed by atoms with Gasteiger partial charge in [0.25, 0.3) is 0 Å². The number of benzene rings is 4. The first-order valence-electron chi connectivity index (χ1n) is 8.55. The van der Waals surface area contributed by atoms with Crippen LogP contribution in [0.5, 0.6) is 0 Å². The highest BCUT2D eigenvalue weighted by atomic mass is 14.2. The Hall–Kier alpha value is -2.60. The summed E-state index contributed by atoms with van der Waals surface area (Å²) in [5, 5.41) is 5.26. The first-order valence-corrected chi connectivity index (χ1v) is 8.55. The molecule has 0 fully saturated rings. The molecule has 118 valence electrons. The van der Waals surface area contributed by atoms with Gasteiger partial charge in [0, 0.05) is 0 Å². The molecule has 0 aliphatic heterocycles. The fourth-order valence-electron chi connectivity index (χ4n) is 3.44.